The van der Waals surface area contributed by atoms with E-state index < -0.39 is 0 Å². The SMILES string of the molecule is CC1(C(=O)Nc2cccc(-c3nccs3)c2)CCNC1. The van der Waals surface area contributed by atoms with Crippen LogP contribution in [0.5, 0.6) is 0 Å². The highest BCUT2D eigenvalue weighted by Gasteiger charge is 2.36. The molecule has 1 aliphatic heterocycles. The minimum Gasteiger partial charge on any atom is -0.326 e. The number of anilines is 1. The quantitative estimate of drug-likeness (QED) is 0.912. The predicted molar refractivity (Wildman–Crippen MR) is 81.8 cm³/mol. The van der Waals surface area contributed by atoms with Crippen molar-refractivity contribution in [2.24, 2.45) is 5.41 Å². The van der Waals surface area contributed by atoms with Gasteiger partial charge in [-0.3, -0.25) is 4.79 Å². The zero-order chi connectivity index (χ0) is 14.0. The maximum absolute atomic E-state index is 12.4. The Bertz CT molecular complexity index is 603. The number of hydrogen-bond acceptors (Lipinski definition) is 4. The molecule has 2 aromatic rings. The van der Waals surface area contributed by atoms with Gasteiger partial charge in [0.2, 0.25) is 5.91 Å². The molecule has 1 fully saturated rings. The molecule has 1 aliphatic rings. The van der Waals surface area contributed by atoms with E-state index in [1.807, 2.05) is 36.6 Å². The number of thiazole rings is 1. The van der Waals surface area contributed by atoms with Gasteiger partial charge in [-0.2, -0.15) is 0 Å². The van der Waals surface area contributed by atoms with Gasteiger partial charge in [0.1, 0.15) is 5.01 Å². The predicted octanol–water partition coefficient (Wildman–Crippen LogP) is 2.75. The van der Waals surface area contributed by atoms with Gasteiger partial charge in [-0.05, 0) is 32.0 Å². The van der Waals surface area contributed by atoms with Crippen LogP contribution < -0.4 is 10.6 Å². The zero-order valence-electron chi connectivity index (χ0n) is 11.3. The number of aromatic nitrogens is 1. The third-order valence-corrected chi connectivity index (χ3v) is 4.54. The first kappa shape index (κ1) is 13.3. The fraction of sp³-hybridized carbons (Fsp3) is 0.333. The van der Waals surface area contributed by atoms with Crippen molar-refractivity contribution in [2.75, 3.05) is 18.4 Å². The number of carbonyl (C=O) groups is 1. The molecule has 1 unspecified atom stereocenters. The molecule has 20 heavy (non-hydrogen) atoms. The Morgan fingerprint density at radius 2 is 2.40 bits per heavy atom. The number of hydrogen-bond donors (Lipinski definition) is 2. The molecule has 1 aromatic heterocycles. The van der Waals surface area contributed by atoms with Crippen molar-refractivity contribution >= 4 is 22.9 Å². The van der Waals surface area contributed by atoms with Crippen LogP contribution in [-0.2, 0) is 4.79 Å². The lowest BCUT2D eigenvalue weighted by Crippen LogP contribution is -2.35. The maximum Gasteiger partial charge on any atom is 0.231 e. The first-order valence-electron chi connectivity index (χ1n) is 6.69. The summed E-state index contributed by atoms with van der Waals surface area (Å²) >= 11 is 1.59. The monoisotopic (exact) mass is 287 g/mol. The zero-order valence-corrected chi connectivity index (χ0v) is 12.2. The third kappa shape index (κ3) is 2.59. The molecule has 0 spiro atoms. The largest absolute Gasteiger partial charge is 0.326 e. The summed E-state index contributed by atoms with van der Waals surface area (Å²) in [6.45, 7) is 3.65. The van der Waals surface area contributed by atoms with E-state index in [-0.39, 0.29) is 11.3 Å². The van der Waals surface area contributed by atoms with Crippen LogP contribution in [0, 0.1) is 5.41 Å². The molecule has 104 valence electrons. The number of amides is 1. The van der Waals surface area contributed by atoms with Crippen LogP contribution in [0.2, 0.25) is 0 Å². The van der Waals surface area contributed by atoms with Gasteiger partial charge in [0.15, 0.2) is 0 Å². The molecule has 0 saturated carbocycles. The molecule has 3 rings (SSSR count). The molecule has 2 N–H and O–H groups in total. The molecule has 5 heteroatoms. The first-order valence-corrected chi connectivity index (χ1v) is 7.57. The summed E-state index contributed by atoms with van der Waals surface area (Å²) < 4.78 is 0. The van der Waals surface area contributed by atoms with E-state index in [1.54, 1.807) is 17.5 Å². The summed E-state index contributed by atoms with van der Waals surface area (Å²) in [6.07, 6.45) is 2.67. The Morgan fingerprint density at radius 3 is 3.10 bits per heavy atom. The molecule has 1 aromatic carbocycles. The molecular weight excluding hydrogens is 270 g/mol. The topological polar surface area (TPSA) is 54.0 Å². The van der Waals surface area contributed by atoms with Gasteiger partial charge in [-0.1, -0.05) is 12.1 Å². The second-order valence-corrected chi connectivity index (χ2v) is 6.25. The molecule has 1 atom stereocenters. The lowest BCUT2D eigenvalue weighted by molar-refractivity contribution is -0.123. The van der Waals surface area contributed by atoms with Crippen LogP contribution in [0.4, 0.5) is 5.69 Å². The lowest BCUT2D eigenvalue weighted by Gasteiger charge is -2.21. The van der Waals surface area contributed by atoms with Gasteiger partial charge >= 0.3 is 0 Å². The van der Waals surface area contributed by atoms with Crippen LogP contribution in [-0.4, -0.2) is 24.0 Å². The number of nitrogens with zero attached hydrogens (tertiary/aromatic N) is 1. The van der Waals surface area contributed by atoms with E-state index in [9.17, 15) is 4.79 Å². The highest BCUT2D eigenvalue weighted by molar-refractivity contribution is 7.13. The molecule has 1 amide bonds. The Balaban J connectivity index is 1.78. The van der Waals surface area contributed by atoms with Gasteiger partial charge in [-0.15, -0.1) is 11.3 Å². The summed E-state index contributed by atoms with van der Waals surface area (Å²) in [5.74, 6) is 0.0822. The second kappa shape index (κ2) is 5.34. The number of rotatable bonds is 3. The average molecular weight is 287 g/mol. The van der Waals surface area contributed by atoms with Gasteiger partial charge in [0.25, 0.3) is 0 Å². The van der Waals surface area contributed by atoms with E-state index in [0.29, 0.717) is 0 Å². The Morgan fingerprint density at radius 1 is 1.50 bits per heavy atom. The van der Waals surface area contributed by atoms with Crippen LogP contribution in [0.1, 0.15) is 13.3 Å². The van der Waals surface area contributed by atoms with Crippen molar-refractivity contribution < 1.29 is 4.79 Å². The van der Waals surface area contributed by atoms with E-state index in [0.717, 1.165) is 35.8 Å². The van der Waals surface area contributed by atoms with Crippen molar-refractivity contribution in [1.82, 2.24) is 10.3 Å². The number of carbonyl (C=O) groups excluding carboxylic acids is 1. The van der Waals surface area contributed by atoms with Crippen LogP contribution in [0.15, 0.2) is 35.8 Å². The summed E-state index contributed by atoms with van der Waals surface area (Å²) in [7, 11) is 0. The van der Waals surface area contributed by atoms with E-state index in [2.05, 4.69) is 15.6 Å². The molecule has 4 nitrogen and oxygen atoms in total. The molecule has 0 bridgehead atoms. The Labute approximate surface area is 122 Å². The summed E-state index contributed by atoms with van der Waals surface area (Å²) in [5, 5.41) is 9.19. The Kier molecular flexibility index (Phi) is 3.54. The molecule has 0 radical (unpaired) electrons. The van der Waals surface area contributed by atoms with Crippen molar-refractivity contribution in [2.45, 2.75) is 13.3 Å². The number of benzene rings is 1. The van der Waals surface area contributed by atoms with Gasteiger partial charge < -0.3 is 10.6 Å². The van der Waals surface area contributed by atoms with Crippen molar-refractivity contribution in [3.63, 3.8) is 0 Å². The highest BCUT2D eigenvalue weighted by atomic mass is 32.1. The van der Waals surface area contributed by atoms with E-state index in [1.165, 1.54) is 0 Å². The molecule has 0 aliphatic carbocycles. The van der Waals surface area contributed by atoms with E-state index >= 15 is 0 Å². The normalized spacial score (nSPS) is 21.9. The molecule has 1 saturated heterocycles. The number of nitrogens with one attached hydrogen (secondary N) is 2. The van der Waals surface area contributed by atoms with Crippen LogP contribution in [0.25, 0.3) is 10.6 Å². The molecular formula is C15H17N3OS. The third-order valence-electron chi connectivity index (χ3n) is 3.72. The van der Waals surface area contributed by atoms with Crippen molar-refractivity contribution in [1.29, 1.82) is 0 Å². The second-order valence-electron chi connectivity index (χ2n) is 5.36. The fourth-order valence-electron chi connectivity index (χ4n) is 2.39. The van der Waals surface area contributed by atoms with Crippen molar-refractivity contribution in [3.8, 4) is 10.6 Å². The summed E-state index contributed by atoms with van der Waals surface area (Å²) in [4.78, 5) is 16.7. The minimum absolute atomic E-state index is 0.0822. The van der Waals surface area contributed by atoms with Crippen LogP contribution in [0.3, 0.4) is 0 Å². The standard InChI is InChI=1S/C15H17N3OS/c1-15(5-6-16-10-15)14(19)18-12-4-2-3-11(9-12)13-17-7-8-20-13/h2-4,7-9,16H,5-6,10H2,1H3,(H,18,19). The fourth-order valence-corrected chi connectivity index (χ4v) is 3.02. The van der Waals surface area contributed by atoms with Gasteiger partial charge in [-0.25, -0.2) is 4.98 Å². The van der Waals surface area contributed by atoms with E-state index in [4.69, 9.17) is 0 Å². The minimum atomic E-state index is -0.308. The van der Waals surface area contributed by atoms with Gasteiger partial charge in [0, 0.05) is 29.4 Å². The van der Waals surface area contributed by atoms with Crippen molar-refractivity contribution in [3.05, 3.63) is 35.8 Å². The highest BCUT2D eigenvalue weighted by Crippen LogP contribution is 2.28. The first-order chi connectivity index (χ1) is 9.67. The van der Waals surface area contributed by atoms with Gasteiger partial charge in [0.05, 0.1) is 5.41 Å². The Hall–Kier alpha value is -1.72. The summed E-state index contributed by atoms with van der Waals surface area (Å²) in [5.41, 5.74) is 1.56. The average Bonchev–Trinajstić information content (AvgIpc) is 3.11. The smallest absolute Gasteiger partial charge is 0.231 e. The summed E-state index contributed by atoms with van der Waals surface area (Å²) in [6, 6.07) is 7.85. The molecule has 2 heterocycles. The van der Waals surface area contributed by atoms with Crippen LogP contribution >= 0.6 is 11.3 Å². The maximum atomic E-state index is 12.4. The lowest BCUT2D eigenvalue weighted by atomic mass is 9.88.